The fraction of sp³-hybridized carbons (Fsp3) is 0.500. The Kier molecular flexibility index (Phi) is 6.71. The lowest BCUT2D eigenvalue weighted by Crippen LogP contribution is -2.49. The van der Waals surface area contributed by atoms with E-state index in [9.17, 15) is 4.79 Å². The van der Waals surface area contributed by atoms with Crippen LogP contribution in [-0.4, -0.2) is 60.5 Å². The van der Waals surface area contributed by atoms with Gasteiger partial charge < -0.3 is 24.4 Å². The van der Waals surface area contributed by atoms with Gasteiger partial charge in [0.1, 0.15) is 5.00 Å². The highest BCUT2D eigenvalue weighted by Gasteiger charge is 2.28. The number of rotatable bonds is 5. The van der Waals surface area contributed by atoms with Crippen molar-refractivity contribution >= 4 is 39.6 Å². The highest BCUT2D eigenvalue weighted by atomic mass is 32.1. The largest absolute Gasteiger partial charge is 0.462 e. The van der Waals surface area contributed by atoms with E-state index >= 15 is 0 Å². The Hall–Kier alpha value is -2.36. The van der Waals surface area contributed by atoms with Gasteiger partial charge in [-0.25, -0.2) is 4.79 Å². The van der Waals surface area contributed by atoms with E-state index < -0.39 is 0 Å². The van der Waals surface area contributed by atoms with Gasteiger partial charge in [0.15, 0.2) is 16.6 Å². The van der Waals surface area contributed by atoms with Gasteiger partial charge in [0.25, 0.3) is 0 Å². The summed E-state index contributed by atoms with van der Waals surface area (Å²) in [5.74, 6) is 1.40. The maximum Gasteiger partial charge on any atom is 0.341 e. The second-order valence-electron chi connectivity index (χ2n) is 8.52. The number of aryl methyl sites for hydroxylation is 1. The van der Waals surface area contributed by atoms with Crippen molar-refractivity contribution in [3.8, 4) is 11.5 Å². The van der Waals surface area contributed by atoms with Gasteiger partial charge in [-0.05, 0) is 68.1 Å². The second kappa shape index (κ2) is 9.87. The zero-order valence-corrected chi connectivity index (χ0v) is 20.5. The number of carbonyl (C=O) groups is 1. The molecule has 1 aliphatic carbocycles. The average molecular weight is 488 g/mol. The number of thiocarbonyl (C=S) groups is 1. The maximum absolute atomic E-state index is 12.7. The second-order valence-corrected chi connectivity index (χ2v) is 10.0. The molecule has 0 spiro atoms. The van der Waals surface area contributed by atoms with Gasteiger partial charge in [0.05, 0.1) is 12.2 Å². The van der Waals surface area contributed by atoms with E-state index in [1.807, 2.05) is 13.0 Å². The van der Waals surface area contributed by atoms with E-state index in [0.29, 0.717) is 24.1 Å². The molecule has 7 nitrogen and oxygen atoms in total. The van der Waals surface area contributed by atoms with Gasteiger partial charge in [-0.15, -0.1) is 11.3 Å². The number of hydrogen-bond donors (Lipinski definition) is 1. The number of nitrogens with zero attached hydrogens (tertiary/aromatic N) is 2. The molecule has 0 unspecified atom stereocenters. The van der Waals surface area contributed by atoms with Gasteiger partial charge in [0.2, 0.25) is 6.79 Å². The molecule has 9 heteroatoms. The van der Waals surface area contributed by atoms with E-state index in [2.05, 4.69) is 27.2 Å². The Morgan fingerprint density at radius 2 is 1.94 bits per heavy atom. The normalized spacial score (nSPS) is 17.5. The van der Waals surface area contributed by atoms with E-state index in [-0.39, 0.29) is 5.97 Å². The van der Waals surface area contributed by atoms with Crippen LogP contribution in [0.5, 0.6) is 11.5 Å². The fourth-order valence-electron chi connectivity index (χ4n) is 4.66. The number of benzene rings is 1. The van der Waals surface area contributed by atoms with Crippen LogP contribution in [0.1, 0.15) is 46.1 Å². The first-order valence-electron chi connectivity index (χ1n) is 11.6. The molecule has 0 radical (unpaired) electrons. The van der Waals surface area contributed by atoms with Crippen molar-refractivity contribution in [1.29, 1.82) is 0 Å². The zero-order valence-electron chi connectivity index (χ0n) is 18.9. The summed E-state index contributed by atoms with van der Waals surface area (Å²) < 4.78 is 16.3. The first-order chi connectivity index (χ1) is 16.1. The van der Waals surface area contributed by atoms with Crippen LogP contribution in [0.2, 0.25) is 0 Å². The fourth-order valence-corrected chi connectivity index (χ4v) is 6.28. The summed E-state index contributed by atoms with van der Waals surface area (Å²) in [6.45, 7) is 6.91. The molecular formula is C24H29N3O4S2. The van der Waals surface area contributed by atoms with Crippen molar-refractivity contribution < 1.29 is 19.0 Å². The minimum Gasteiger partial charge on any atom is -0.462 e. The maximum atomic E-state index is 12.7. The van der Waals surface area contributed by atoms with Crippen LogP contribution in [-0.2, 0) is 24.1 Å². The van der Waals surface area contributed by atoms with E-state index in [1.165, 1.54) is 16.9 Å². The lowest BCUT2D eigenvalue weighted by molar-refractivity contribution is 0.0526. The van der Waals surface area contributed by atoms with E-state index in [4.69, 9.17) is 26.4 Å². The van der Waals surface area contributed by atoms with Gasteiger partial charge >= 0.3 is 5.97 Å². The highest BCUT2D eigenvalue weighted by molar-refractivity contribution is 7.80. The van der Waals surface area contributed by atoms with Crippen LogP contribution in [0.25, 0.3) is 0 Å². The topological polar surface area (TPSA) is 63.3 Å². The quantitative estimate of drug-likeness (QED) is 0.501. The highest BCUT2D eigenvalue weighted by Crippen LogP contribution is 2.39. The zero-order chi connectivity index (χ0) is 22.8. The number of anilines is 1. The number of carbonyl (C=O) groups excluding carboxylic acids is 1. The standard InChI is InChI=1S/C24H29N3O4S2/c1-2-29-23(28)21-17-5-3-4-6-20(17)33-22(21)25-24(32)27-11-9-26(10-12-27)14-16-7-8-18-19(13-16)31-15-30-18/h7-8,13H,2-6,9-12,14-15H2,1H3,(H,25,32). The molecule has 5 rings (SSSR count). The molecule has 1 saturated heterocycles. The van der Waals surface area contributed by atoms with Crippen molar-refractivity contribution in [2.24, 2.45) is 0 Å². The summed E-state index contributed by atoms with van der Waals surface area (Å²) in [5, 5.41) is 4.92. The monoisotopic (exact) mass is 487 g/mol. The van der Waals surface area contributed by atoms with Crippen molar-refractivity contribution in [2.45, 2.75) is 39.2 Å². The van der Waals surface area contributed by atoms with Crippen molar-refractivity contribution in [1.82, 2.24) is 9.80 Å². The summed E-state index contributed by atoms with van der Waals surface area (Å²) in [6.07, 6.45) is 4.25. The Bertz CT molecular complexity index is 1050. The number of fused-ring (bicyclic) bond motifs is 2. The van der Waals surface area contributed by atoms with Crippen LogP contribution in [0, 0.1) is 0 Å². The number of esters is 1. The van der Waals surface area contributed by atoms with Crippen LogP contribution in [0.4, 0.5) is 5.00 Å². The smallest absolute Gasteiger partial charge is 0.341 e. The van der Waals surface area contributed by atoms with Gasteiger partial charge in [-0.1, -0.05) is 6.07 Å². The van der Waals surface area contributed by atoms with Crippen LogP contribution < -0.4 is 14.8 Å². The number of nitrogens with one attached hydrogen (secondary N) is 1. The number of hydrogen-bond acceptors (Lipinski definition) is 7. The summed E-state index contributed by atoms with van der Waals surface area (Å²) in [4.78, 5) is 18.6. The summed E-state index contributed by atoms with van der Waals surface area (Å²) in [5.41, 5.74) is 3.07. The van der Waals surface area contributed by atoms with Crippen LogP contribution in [0.3, 0.4) is 0 Å². The molecule has 1 aromatic heterocycles. The average Bonchev–Trinajstić information content (AvgIpc) is 3.43. The lowest BCUT2D eigenvalue weighted by atomic mass is 9.95. The number of piperazine rings is 1. The molecule has 1 fully saturated rings. The minimum absolute atomic E-state index is 0.240. The minimum atomic E-state index is -0.240. The molecule has 176 valence electrons. The lowest BCUT2D eigenvalue weighted by Gasteiger charge is -2.36. The molecule has 0 atom stereocenters. The summed E-state index contributed by atoms with van der Waals surface area (Å²) in [6, 6.07) is 6.15. The van der Waals surface area contributed by atoms with Gasteiger partial charge in [-0.2, -0.15) is 0 Å². The molecular weight excluding hydrogens is 458 g/mol. The third kappa shape index (κ3) is 4.81. The third-order valence-corrected chi connectivity index (χ3v) is 7.94. The predicted octanol–water partition coefficient (Wildman–Crippen LogP) is 4.05. The molecule has 0 saturated carbocycles. The molecule has 33 heavy (non-hydrogen) atoms. The van der Waals surface area contributed by atoms with E-state index in [0.717, 1.165) is 74.0 Å². The van der Waals surface area contributed by atoms with Crippen LogP contribution >= 0.6 is 23.6 Å². The molecule has 3 heterocycles. The Balaban J connectivity index is 1.20. The summed E-state index contributed by atoms with van der Waals surface area (Å²) in [7, 11) is 0. The molecule has 2 aromatic rings. The Morgan fingerprint density at radius 3 is 2.76 bits per heavy atom. The summed E-state index contributed by atoms with van der Waals surface area (Å²) >= 11 is 7.41. The first kappa shape index (κ1) is 22.4. The molecule has 1 N–H and O–H groups in total. The Labute approximate surface area is 203 Å². The van der Waals surface area contributed by atoms with Crippen molar-refractivity contribution in [3.05, 3.63) is 39.8 Å². The number of ether oxygens (including phenoxy) is 3. The first-order valence-corrected chi connectivity index (χ1v) is 12.8. The molecule has 2 aliphatic heterocycles. The van der Waals surface area contributed by atoms with Crippen LogP contribution in [0.15, 0.2) is 18.2 Å². The molecule has 0 amide bonds. The third-order valence-electron chi connectivity index (χ3n) is 6.37. The van der Waals surface area contributed by atoms with Gasteiger partial charge in [-0.3, -0.25) is 4.90 Å². The molecule has 3 aliphatic rings. The molecule has 0 bridgehead atoms. The predicted molar refractivity (Wildman–Crippen MR) is 133 cm³/mol. The van der Waals surface area contributed by atoms with Gasteiger partial charge in [0, 0.05) is 37.6 Å². The molecule has 1 aromatic carbocycles. The van der Waals surface area contributed by atoms with E-state index in [1.54, 1.807) is 11.3 Å². The Morgan fingerprint density at radius 1 is 1.15 bits per heavy atom. The van der Waals surface area contributed by atoms with Crippen molar-refractivity contribution in [3.63, 3.8) is 0 Å². The van der Waals surface area contributed by atoms with Crippen molar-refractivity contribution in [2.75, 3.05) is 44.9 Å². The number of thiophene rings is 1. The SMILES string of the molecule is CCOC(=O)c1c(NC(=S)N2CCN(Cc3ccc4c(c3)OCO4)CC2)sc2c1CCCC2.